The lowest BCUT2D eigenvalue weighted by molar-refractivity contribution is 0.550. The van der Waals surface area contributed by atoms with Crippen molar-refractivity contribution in [1.29, 1.82) is 5.26 Å². The highest BCUT2D eigenvalue weighted by Gasteiger charge is 2.20. The van der Waals surface area contributed by atoms with E-state index in [1.807, 2.05) is 7.05 Å². The highest BCUT2D eigenvalue weighted by molar-refractivity contribution is 5.70. The Morgan fingerprint density at radius 2 is 2.00 bits per heavy atom. The number of anilines is 2. The Balaban J connectivity index is 2.22. The third-order valence-corrected chi connectivity index (χ3v) is 3.80. The van der Waals surface area contributed by atoms with Gasteiger partial charge in [-0.3, -0.25) is 0 Å². The van der Waals surface area contributed by atoms with Crippen molar-refractivity contribution in [3.63, 3.8) is 0 Å². The third kappa shape index (κ3) is 2.56. The van der Waals surface area contributed by atoms with Crippen LogP contribution in [0.5, 0.6) is 0 Å². The molecule has 0 saturated heterocycles. The van der Waals surface area contributed by atoms with Crippen LogP contribution in [0.3, 0.4) is 0 Å². The molecule has 0 aliphatic heterocycles. The maximum Gasteiger partial charge on any atom is 0.153 e. The molecule has 0 spiro atoms. The van der Waals surface area contributed by atoms with Gasteiger partial charge in [0.25, 0.3) is 0 Å². The lowest BCUT2D eigenvalue weighted by Gasteiger charge is -2.29. The van der Waals surface area contributed by atoms with Crippen LogP contribution in [-0.2, 0) is 0 Å². The summed E-state index contributed by atoms with van der Waals surface area (Å²) in [6.07, 6.45) is 9.23. The Labute approximate surface area is 108 Å². The summed E-state index contributed by atoms with van der Waals surface area (Å²) in [6.45, 7) is 0. The Morgan fingerprint density at radius 1 is 1.33 bits per heavy atom. The smallest absolute Gasteiger partial charge is 0.153 e. The van der Waals surface area contributed by atoms with Gasteiger partial charge in [0.15, 0.2) is 5.82 Å². The number of nitrogens with two attached hydrogens (primary N) is 1. The molecule has 0 unspecified atom stereocenters. The van der Waals surface area contributed by atoms with Crippen molar-refractivity contribution < 1.29 is 0 Å². The van der Waals surface area contributed by atoms with Crippen LogP contribution in [0.1, 0.15) is 44.1 Å². The summed E-state index contributed by atoms with van der Waals surface area (Å²) in [5, 5.41) is 9.00. The van der Waals surface area contributed by atoms with E-state index in [-0.39, 0.29) is 0 Å². The average molecular weight is 244 g/mol. The van der Waals surface area contributed by atoms with Gasteiger partial charge in [-0.2, -0.15) is 5.26 Å². The quantitative estimate of drug-likeness (QED) is 0.812. The fraction of sp³-hybridized carbons (Fsp3) is 0.571. The molecule has 1 fully saturated rings. The Bertz CT molecular complexity index is 442. The summed E-state index contributed by atoms with van der Waals surface area (Å²) in [6, 6.07) is 4.28. The number of hydrogen-bond donors (Lipinski definition) is 1. The van der Waals surface area contributed by atoms with Crippen molar-refractivity contribution in [2.45, 2.75) is 44.6 Å². The number of nitriles is 1. The first-order valence-corrected chi connectivity index (χ1v) is 6.61. The van der Waals surface area contributed by atoms with E-state index in [9.17, 15) is 0 Å². The number of hydrogen-bond acceptors (Lipinski definition) is 4. The molecule has 1 aromatic heterocycles. The maximum atomic E-state index is 9.00. The monoisotopic (exact) mass is 244 g/mol. The first-order chi connectivity index (χ1) is 8.74. The molecule has 0 atom stereocenters. The molecule has 2 N–H and O–H groups in total. The van der Waals surface area contributed by atoms with E-state index >= 15 is 0 Å². The number of nitrogens with zero attached hydrogens (tertiary/aromatic N) is 3. The summed E-state index contributed by atoms with van der Waals surface area (Å²) in [4.78, 5) is 6.50. The number of rotatable bonds is 2. The van der Waals surface area contributed by atoms with Gasteiger partial charge in [-0.25, -0.2) is 4.98 Å². The standard InChI is InChI=1S/C14H20N4/c1-18(12-6-4-2-3-5-7-12)14-13(16)11(10-15)8-9-17-14/h8-9,12H,2-7,16H2,1H3. The SMILES string of the molecule is CN(c1nccc(C#N)c1N)C1CCCCCC1. The van der Waals surface area contributed by atoms with Crippen molar-refractivity contribution in [3.05, 3.63) is 17.8 Å². The molecule has 2 rings (SSSR count). The van der Waals surface area contributed by atoms with E-state index in [1.165, 1.54) is 38.5 Å². The minimum absolute atomic E-state index is 0.497. The zero-order valence-electron chi connectivity index (χ0n) is 10.9. The normalized spacial score (nSPS) is 16.9. The van der Waals surface area contributed by atoms with Crippen LogP contribution in [0.4, 0.5) is 11.5 Å². The Kier molecular flexibility index (Phi) is 4.03. The van der Waals surface area contributed by atoms with Crippen molar-refractivity contribution >= 4 is 11.5 Å². The van der Waals surface area contributed by atoms with Gasteiger partial charge in [-0.05, 0) is 18.9 Å². The second kappa shape index (κ2) is 5.72. The van der Waals surface area contributed by atoms with Crippen molar-refractivity contribution in [1.82, 2.24) is 4.98 Å². The fourth-order valence-corrected chi connectivity index (χ4v) is 2.66. The van der Waals surface area contributed by atoms with Gasteiger partial charge in [0.05, 0.1) is 11.3 Å². The van der Waals surface area contributed by atoms with Crippen LogP contribution in [0.2, 0.25) is 0 Å². The Hall–Kier alpha value is -1.76. The van der Waals surface area contributed by atoms with Gasteiger partial charge in [-0.1, -0.05) is 25.7 Å². The lowest BCUT2D eigenvalue weighted by Crippen LogP contribution is -2.32. The van der Waals surface area contributed by atoms with E-state index < -0.39 is 0 Å². The van der Waals surface area contributed by atoms with Crippen LogP contribution in [0, 0.1) is 11.3 Å². The molecule has 0 radical (unpaired) electrons. The minimum Gasteiger partial charge on any atom is -0.395 e. The maximum absolute atomic E-state index is 9.00. The summed E-state index contributed by atoms with van der Waals surface area (Å²) in [5.74, 6) is 0.751. The topological polar surface area (TPSA) is 65.9 Å². The summed E-state index contributed by atoms with van der Waals surface area (Å²) >= 11 is 0. The molecule has 1 aromatic rings. The fourth-order valence-electron chi connectivity index (χ4n) is 2.66. The third-order valence-electron chi connectivity index (χ3n) is 3.80. The van der Waals surface area contributed by atoms with Crippen LogP contribution in [0.15, 0.2) is 12.3 Å². The van der Waals surface area contributed by atoms with Gasteiger partial charge in [0.1, 0.15) is 6.07 Å². The molecule has 4 nitrogen and oxygen atoms in total. The van der Waals surface area contributed by atoms with Crippen molar-refractivity contribution in [3.8, 4) is 6.07 Å². The zero-order chi connectivity index (χ0) is 13.0. The molecule has 0 bridgehead atoms. The van der Waals surface area contributed by atoms with E-state index in [2.05, 4.69) is 16.0 Å². The molecule has 0 aromatic carbocycles. The van der Waals surface area contributed by atoms with Crippen LogP contribution in [-0.4, -0.2) is 18.1 Å². The molecular weight excluding hydrogens is 224 g/mol. The molecule has 1 heterocycles. The first kappa shape index (κ1) is 12.7. The first-order valence-electron chi connectivity index (χ1n) is 6.61. The van der Waals surface area contributed by atoms with Crippen LogP contribution in [0.25, 0.3) is 0 Å². The van der Waals surface area contributed by atoms with Gasteiger partial charge >= 0.3 is 0 Å². The van der Waals surface area contributed by atoms with Crippen molar-refractivity contribution in [2.24, 2.45) is 0 Å². The molecule has 1 aliphatic rings. The Morgan fingerprint density at radius 3 is 2.61 bits per heavy atom. The average Bonchev–Trinajstić information content (AvgIpc) is 2.67. The summed E-state index contributed by atoms with van der Waals surface area (Å²) in [5.41, 5.74) is 7.03. The van der Waals surface area contributed by atoms with E-state index in [1.54, 1.807) is 12.3 Å². The van der Waals surface area contributed by atoms with E-state index in [0.29, 0.717) is 17.3 Å². The largest absolute Gasteiger partial charge is 0.395 e. The summed E-state index contributed by atoms with van der Waals surface area (Å²) < 4.78 is 0. The molecule has 4 heteroatoms. The summed E-state index contributed by atoms with van der Waals surface area (Å²) in [7, 11) is 2.04. The number of pyridine rings is 1. The van der Waals surface area contributed by atoms with Crippen molar-refractivity contribution in [2.75, 3.05) is 17.7 Å². The van der Waals surface area contributed by atoms with Crippen LogP contribution >= 0.6 is 0 Å². The lowest BCUT2D eigenvalue weighted by atomic mass is 10.1. The van der Waals surface area contributed by atoms with Gasteiger partial charge < -0.3 is 10.6 Å². The zero-order valence-corrected chi connectivity index (χ0v) is 10.9. The van der Waals surface area contributed by atoms with Gasteiger partial charge in [0, 0.05) is 19.3 Å². The molecule has 0 amide bonds. The molecule has 1 saturated carbocycles. The minimum atomic E-state index is 0.497. The second-order valence-corrected chi connectivity index (χ2v) is 4.96. The highest BCUT2D eigenvalue weighted by atomic mass is 15.2. The van der Waals surface area contributed by atoms with Crippen LogP contribution < -0.4 is 10.6 Å². The highest BCUT2D eigenvalue weighted by Crippen LogP contribution is 2.28. The van der Waals surface area contributed by atoms with Gasteiger partial charge in [0.2, 0.25) is 0 Å². The second-order valence-electron chi connectivity index (χ2n) is 4.96. The van der Waals surface area contributed by atoms with E-state index in [0.717, 1.165) is 5.82 Å². The molecule has 18 heavy (non-hydrogen) atoms. The van der Waals surface area contributed by atoms with E-state index in [4.69, 9.17) is 11.0 Å². The van der Waals surface area contributed by atoms with Gasteiger partial charge in [-0.15, -0.1) is 0 Å². The predicted octanol–water partition coefficient (Wildman–Crippen LogP) is 2.69. The predicted molar refractivity (Wildman–Crippen MR) is 73.3 cm³/mol. The number of aromatic nitrogens is 1. The molecular formula is C14H20N4. The number of nitrogen functional groups attached to an aromatic ring is 1. The molecule has 1 aliphatic carbocycles. The molecule has 96 valence electrons.